The molecule has 8 nitrogen and oxygen atoms in total. The largest absolute Gasteiger partial charge is 0.494 e. The van der Waals surface area contributed by atoms with Gasteiger partial charge in [-0.2, -0.15) is 0 Å². The molecule has 9 heteroatoms. The lowest BCUT2D eigenvalue weighted by Gasteiger charge is -2.17. The Morgan fingerprint density at radius 3 is 2.30 bits per heavy atom. The minimum Gasteiger partial charge on any atom is -0.494 e. The molecule has 0 saturated carbocycles. The molecule has 2 heterocycles. The Morgan fingerprint density at radius 2 is 1.57 bits per heavy atom. The third-order valence-corrected chi connectivity index (χ3v) is 8.96. The van der Waals surface area contributed by atoms with Crippen molar-refractivity contribution in [3.63, 3.8) is 0 Å². The van der Waals surface area contributed by atoms with Gasteiger partial charge in [-0.1, -0.05) is 48.5 Å². The number of hydrogen-bond acceptors (Lipinski definition) is 9. The second-order valence-electron chi connectivity index (χ2n) is 10.8. The van der Waals surface area contributed by atoms with E-state index in [0.29, 0.717) is 28.5 Å². The topological polar surface area (TPSA) is 101 Å². The van der Waals surface area contributed by atoms with E-state index in [9.17, 15) is 14.4 Å². The number of pyridine rings is 1. The quantitative estimate of drug-likeness (QED) is 0.0895. The van der Waals surface area contributed by atoms with Crippen LogP contribution < -0.4 is 14.2 Å². The van der Waals surface area contributed by atoms with Crippen LogP contribution in [0.1, 0.15) is 51.2 Å². The highest BCUT2D eigenvalue weighted by Gasteiger charge is 2.28. The summed E-state index contributed by atoms with van der Waals surface area (Å²) in [5, 5.41) is 3.03. The average Bonchev–Trinajstić information content (AvgIpc) is 3.54. The van der Waals surface area contributed by atoms with Gasteiger partial charge in [0.25, 0.3) is 0 Å². The summed E-state index contributed by atoms with van der Waals surface area (Å²) in [5.74, 6) is -0.488. The van der Waals surface area contributed by atoms with Crippen molar-refractivity contribution < 1.29 is 33.3 Å². The van der Waals surface area contributed by atoms with Gasteiger partial charge in [0.15, 0.2) is 23.1 Å². The van der Waals surface area contributed by atoms with E-state index in [-0.39, 0.29) is 43.1 Å². The van der Waals surface area contributed by atoms with Crippen LogP contribution in [-0.4, -0.2) is 43.8 Å². The minimum absolute atomic E-state index is 0.0418. The van der Waals surface area contributed by atoms with Gasteiger partial charge in [0.1, 0.15) is 23.7 Å². The third-order valence-electron chi connectivity index (χ3n) is 7.83. The van der Waals surface area contributed by atoms with Gasteiger partial charge >= 0.3 is 5.97 Å². The standard InChI is InChI=1S/C37H35NO7S/c1-23-9-8-12-27-28(22-46-37(23)27)35-32(43-3)17-15-29(38-35)36(41)26(14-18-34(40)45-21-24-10-6-5-7-11-24)19-30(39)25-13-16-31(42-2)33(20-25)44-4/h5-13,15-17,20,22,26H,14,18-19,21H2,1-4H3/t26-/m1/s1. The van der Waals surface area contributed by atoms with Gasteiger partial charge in [0.05, 0.1) is 21.3 Å². The van der Waals surface area contributed by atoms with Gasteiger partial charge in [0, 0.05) is 45.4 Å². The van der Waals surface area contributed by atoms with Gasteiger partial charge in [-0.05, 0) is 54.8 Å². The number of ketones is 2. The lowest BCUT2D eigenvalue weighted by atomic mass is 9.88. The maximum Gasteiger partial charge on any atom is 0.306 e. The molecule has 0 saturated heterocycles. The van der Waals surface area contributed by atoms with Crippen LogP contribution in [0.15, 0.2) is 84.2 Å². The minimum atomic E-state index is -0.833. The highest BCUT2D eigenvalue weighted by Crippen LogP contribution is 2.39. The number of Topliss-reactive ketones (excluding diaryl/α,β-unsaturated/α-hetero) is 2. The molecule has 0 amide bonds. The fourth-order valence-corrected chi connectivity index (χ4v) is 6.35. The van der Waals surface area contributed by atoms with E-state index >= 15 is 0 Å². The van der Waals surface area contributed by atoms with E-state index in [2.05, 4.69) is 13.0 Å². The highest BCUT2D eigenvalue weighted by atomic mass is 32.1. The molecule has 0 aliphatic rings. The smallest absolute Gasteiger partial charge is 0.306 e. The molecular weight excluding hydrogens is 602 g/mol. The normalized spacial score (nSPS) is 11.6. The number of carbonyl (C=O) groups excluding carboxylic acids is 3. The second kappa shape index (κ2) is 14.8. The maximum atomic E-state index is 14.1. The number of aromatic nitrogens is 1. The predicted molar refractivity (Wildman–Crippen MR) is 178 cm³/mol. The second-order valence-corrected chi connectivity index (χ2v) is 11.7. The van der Waals surface area contributed by atoms with E-state index < -0.39 is 11.9 Å². The average molecular weight is 638 g/mol. The lowest BCUT2D eigenvalue weighted by molar-refractivity contribution is -0.145. The van der Waals surface area contributed by atoms with E-state index in [1.54, 1.807) is 48.8 Å². The molecule has 0 radical (unpaired) electrons. The van der Waals surface area contributed by atoms with E-state index in [1.807, 2.05) is 47.8 Å². The maximum absolute atomic E-state index is 14.1. The fraction of sp³-hybridized carbons (Fsp3) is 0.243. The molecule has 0 fully saturated rings. The van der Waals surface area contributed by atoms with E-state index in [4.69, 9.17) is 23.9 Å². The Hall–Kier alpha value is -5.02. The molecule has 0 spiro atoms. The molecule has 0 aliphatic carbocycles. The number of esters is 1. The number of hydrogen-bond donors (Lipinski definition) is 0. The first kappa shape index (κ1) is 32.4. The zero-order valence-corrected chi connectivity index (χ0v) is 27.0. The summed E-state index contributed by atoms with van der Waals surface area (Å²) < 4.78 is 22.9. The Labute approximate surface area is 271 Å². The van der Waals surface area contributed by atoms with Crippen LogP contribution in [0, 0.1) is 12.8 Å². The molecule has 5 aromatic rings. The monoisotopic (exact) mass is 637 g/mol. The first-order chi connectivity index (χ1) is 22.3. The number of carbonyl (C=O) groups is 3. The molecule has 0 bridgehead atoms. The molecule has 0 unspecified atom stereocenters. The molecular formula is C37H35NO7S. The van der Waals surface area contributed by atoms with Crippen LogP contribution in [-0.2, 0) is 16.1 Å². The molecule has 236 valence electrons. The molecule has 46 heavy (non-hydrogen) atoms. The number of thiophene rings is 1. The van der Waals surface area contributed by atoms with Crippen LogP contribution >= 0.6 is 11.3 Å². The summed E-state index contributed by atoms with van der Waals surface area (Å²) in [6.45, 7) is 2.18. The molecule has 0 N–H and O–H groups in total. The fourth-order valence-electron chi connectivity index (χ4n) is 5.32. The number of nitrogens with zero attached hydrogens (tertiary/aromatic N) is 1. The summed E-state index contributed by atoms with van der Waals surface area (Å²) >= 11 is 1.61. The molecule has 1 atom stereocenters. The summed E-state index contributed by atoms with van der Waals surface area (Å²) in [4.78, 5) is 45.2. The van der Waals surface area contributed by atoms with Crippen molar-refractivity contribution in [2.24, 2.45) is 5.92 Å². The van der Waals surface area contributed by atoms with E-state index in [0.717, 1.165) is 26.8 Å². The summed E-state index contributed by atoms with van der Waals surface area (Å²) in [6.07, 6.45) is -0.0705. The summed E-state index contributed by atoms with van der Waals surface area (Å²) in [6, 6.07) is 23.6. The van der Waals surface area contributed by atoms with Gasteiger partial charge in [0.2, 0.25) is 0 Å². The van der Waals surface area contributed by atoms with Crippen LogP contribution in [0.4, 0.5) is 0 Å². The number of aryl methyl sites for hydroxylation is 1. The number of fused-ring (bicyclic) bond motifs is 1. The summed E-state index contributed by atoms with van der Waals surface area (Å²) in [7, 11) is 4.57. The first-order valence-corrected chi connectivity index (χ1v) is 15.7. The molecule has 0 aliphatic heterocycles. The van der Waals surface area contributed by atoms with Crippen molar-refractivity contribution in [1.29, 1.82) is 0 Å². The predicted octanol–water partition coefficient (Wildman–Crippen LogP) is 7.89. The molecule has 5 rings (SSSR count). The number of methoxy groups -OCH3 is 3. The van der Waals surface area contributed by atoms with Crippen LogP contribution in [0.3, 0.4) is 0 Å². The van der Waals surface area contributed by atoms with Crippen molar-refractivity contribution in [2.75, 3.05) is 21.3 Å². The Balaban J connectivity index is 1.43. The first-order valence-electron chi connectivity index (χ1n) is 14.8. The van der Waals surface area contributed by atoms with Gasteiger partial charge in [-0.25, -0.2) is 4.98 Å². The highest BCUT2D eigenvalue weighted by molar-refractivity contribution is 7.18. The molecule has 2 aromatic heterocycles. The number of rotatable bonds is 14. The Bertz CT molecular complexity index is 1860. The van der Waals surface area contributed by atoms with Crippen LogP contribution in [0.2, 0.25) is 0 Å². The van der Waals surface area contributed by atoms with Crippen LogP contribution in [0.25, 0.3) is 21.3 Å². The zero-order valence-electron chi connectivity index (χ0n) is 26.2. The molecule has 3 aromatic carbocycles. The third kappa shape index (κ3) is 7.26. The number of benzene rings is 3. The van der Waals surface area contributed by atoms with Crippen molar-refractivity contribution >= 4 is 39.0 Å². The van der Waals surface area contributed by atoms with Gasteiger partial charge < -0.3 is 18.9 Å². The Morgan fingerprint density at radius 1 is 0.826 bits per heavy atom. The zero-order chi connectivity index (χ0) is 32.6. The van der Waals surface area contributed by atoms with Gasteiger partial charge in [-0.15, -0.1) is 11.3 Å². The lowest BCUT2D eigenvalue weighted by Crippen LogP contribution is -2.22. The van der Waals surface area contributed by atoms with Crippen molar-refractivity contribution in [3.05, 3.63) is 107 Å². The Kier molecular flexibility index (Phi) is 10.4. The summed E-state index contributed by atoms with van der Waals surface area (Å²) in [5.41, 5.74) is 3.96. The van der Waals surface area contributed by atoms with E-state index in [1.165, 1.54) is 14.2 Å². The van der Waals surface area contributed by atoms with Crippen molar-refractivity contribution in [3.8, 4) is 28.5 Å². The van der Waals surface area contributed by atoms with Crippen LogP contribution in [0.5, 0.6) is 17.2 Å². The SMILES string of the molecule is COc1ccc(C(=O)C[C@@H](CCC(=O)OCc2ccccc2)C(=O)c2ccc(OC)c(-c3csc4c(C)cccc34)n2)cc1OC. The van der Waals surface area contributed by atoms with Crippen molar-refractivity contribution in [1.82, 2.24) is 4.98 Å². The van der Waals surface area contributed by atoms with Gasteiger partial charge in [-0.3, -0.25) is 14.4 Å². The van der Waals surface area contributed by atoms with Crippen molar-refractivity contribution in [2.45, 2.75) is 32.8 Å². The number of ether oxygens (including phenoxy) is 4.